The lowest BCUT2D eigenvalue weighted by Gasteiger charge is -2.24. The Labute approximate surface area is 115 Å². The first-order valence-corrected chi connectivity index (χ1v) is 6.84. The van der Waals surface area contributed by atoms with Crippen molar-refractivity contribution in [2.75, 3.05) is 6.54 Å². The normalized spacial score (nSPS) is 13.1. The van der Waals surface area contributed by atoms with E-state index in [-0.39, 0.29) is 17.4 Å². The lowest BCUT2D eigenvalue weighted by atomic mass is 9.84. The van der Waals surface area contributed by atoms with Gasteiger partial charge in [-0.3, -0.25) is 9.78 Å². The summed E-state index contributed by atoms with van der Waals surface area (Å²) in [7, 11) is 0. The monoisotopic (exact) mass is 263 g/mol. The van der Waals surface area contributed by atoms with Gasteiger partial charge in [-0.05, 0) is 43.4 Å². The molecule has 4 heteroatoms. The third-order valence-electron chi connectivity index (χ3n) is 3.41. The van der Waals surface area contributed by atoms with Gasteiger partial charge in [0, 0.05) is 18.8 Å². The maximum absolute atomic E-state index is 11.9. The molecular formula is C15H25N3O. The Morgan fingerprint density at radius 2 is 2.21 bits per heavy atom. The van der Waals surface area contributed by atoms with E-state index < -0.39 is 0 Å². The van der Waals surface area contributed by atoms with Crippen molar-refractivity contribution < 1.29 is 4.79 Å². The number of amides is 1. The third-order valence-corrected chi connectivity index (χ3v) is 3.41. The summed E-state index contributed by atoms with van der Waals surface area (Å²) in [5.74, 6) is 0.0847. The van der Waals surface area contributed by atoms with Crippen molar-refractivity contribution in [3.63, 3.8) is 0 Å². The van der Waals surface area contributed by atoms with Crippen LogP contribution in [0, 0.1) is 5.41 Å². The van der Waals surface area contributed by atoms with E-state index in [1.165, 1.54) is 0 Å². The molecule has 4 nitrogen and oxygen atoms in total. The van der Waals surface area contributed by atoms with Gasteiger partial charge in [-0.1, -0.05) is 19.9 Å². The summed E-state index contributed by atoms with van der Waals surface area (Å²) in [6, 6.07) is 3.84. The molecule has 0 fully saturated rings. The van der Waals surface area contributed by atoms with Gasteiger partial charge >= 0.3 is 0 Å². The summed E-state index contributed by atoms with van der Waals surface area (Å²) >= 11 is 0. The molecule has 1 rings (SSSR count). The number of rotatable bonds is 7. The molecule has 106 valence electrons. The molecule has 0 bridgehead atoms. The number of hydrogen-bond donors (Lipinski definition) is 2. The van der Waals surface area contributed by atoms with Crippen molar-refractivity contribution in [1.82, 2.24) is 10.3 Å². The maximum atomic E-state index is 11.9. The van der Waals surface area contributed by atoms with Crippen molar-refractivity contribution in [3.8, 4) is 0 Å². The van der Waals surface area contributed by atoms with Gasteiger partial charge in [-0.25, -0.2) is 0 Å². The van der Waals surface area contributed by atoms with E-state index >= 15 is 0 Å². The first-order chi connectivity index (χ1) is 8.94. The topological polar surface area (TPSA) is 68.0 Å². The molecule has 3 N–H and O–H groups in total. The SMILES string of the molecule is CC(NC(=O)CCC(C)(C)CCN)c1cccnc1. The lowest BCUT2D eigenvalue weighted by molar-refractivity contribution is -0.122. The van der Waals surface area contributed by atoms with Crippen LogP contribution in [-0.4, -0.2) is 17.4 Å². The van der Waals surface area contributed by atoms with Gasteiger partial charge in [0.15, 0.2) is 0 Å². The summed E-state index contributed by atoms with van der Waals surface area (Å²) in [6.07, 6.45) is 5.85. The van der Waals surface area contributed by atoms with Gasteiger partial charge in [0.2, 0.25) is 5.91 Å². The predicted molar refractivity (Wildman–Crippen MR) is 77.5 cm³/mol. The van der Waals surface area contributed by atoms with Crippen LogP contribution in [0.15, 0.2) is 24.5 Å². The summed E-state index contributed by atoms with van der Waals surface area (Å²) in [5.41, 5.74) is 6.72. The second kappa shape index (κ2) is 7.24. The highest BCUT2D eigenvalue weighted by molar-refractivity contribution is 5.76. The molecule has 0 spiro atoms. The molecule has 1 atom stereocenters. The highest BCUT2D eigenvalue weighted by atomic mass is 16.1. The van der Waals surface area contributed by atoms with Gasteiger partial charge in [-0.15, -0.1) is 0 Å². The van der Waals surface area contributed by atoms with Crippen LogP contribution in [0.2, 0.25) is 0 Å². The molecule has 1 amide bonds. The molecule has 1 unspecified atom stereocenters. The molecule has 0 aromatic carbocycles. The van der Waals surface area contributed by atoms with Crippen LogP contribution in [0.5, 0.6) is 0 Å². The highest BCUT2D eigenvalue weighted by Gasteiger charge is 2.19. The van der Waals surface area contributed by atoms with Crippen LogP contribution in [0.1, 0.15) is 51.6 Å². The van der Waals surface area contributed by atoms with Crippen LogP contribution < -0.4 is 11.1 Å². The second-order valence-electron chi connectivity index (χ2n) is 5.78. The Bertz CT molecular complexity index is 390. The van der Waals surface area contributed by atoms with Crippen molar-refractivity contribution in [1.29, 1.82) is 0 Å². The van der Waals surface area contributed by atoms with E-state index in [0.717, 1.165) is 18.4 Å². The van der Waals surface area contributed by atoms with Gasteiger partial charge in [0.05, 0.1) is 6.04 Å². The Balaban J connectivity index is 2.39. The van der Waals surface area contributed by atoms with Crippen molar-refractivity contribution in [2.24, 2.45) is 11.1 Å². The quantitative estimate of drug-likeness (QED) is 0.794. The number of carbonyl (C=O) groups is 1. The lowest BCUT2D eigenvalue weighted by Crippen LogP contribution is -2.28. The maximum Gasteiger partial charge on any atom is 0.220 e. The molecule has 1 heterocycles. The zero-order valence-corrected chi connectivity index (χ0v) is 12.1. The number of nitrogens with two attached hydrogens (primary N) is 1. The van der Waals surface area contributed by atoms with Crippen LogP contribution in [-0.2, 0) is 4.79 Å². The molecule has 1 aromatic rings. The van der Waals surface area contributed by atoms with Gasteiger partial charge in [-0.2, -0.15) is 0 Å². The van der Waals surface area contributed by atoms with Crippen LogP contribution >= 0.6 is 0 Å². The van der Waals surface area contributed by atoms with Crippen molar-refractivity contribution in [2.45, 2.75) is 46.1 Å². The van der Waals surface area contributed by atoms with Crippen LogP contribution in [0.4, 0.5) is 0 Å². The second-order valence-corrected chi connectivity index (χ2v) is 5.78. The number of nitrogens with one attached hydrogen (secondary N) is 1. The summed E-state index contributed by atoms with van der Waals surface area (Å²) in [5, 5.41) is 3.00. The number of hydrogen-bond acceptors (Lipinski definition) is 3. The van der Waals surface area contributed by atoms with Crippen molar-refractivity contribution >= 4 is 5.91 Å². The largest absolute Gasteiger partial charge is 0.350 e. The zero-order valence-electron chi connectivity index (χ0n) is 12.1. The molecule has 0 radical (unpaired) electrons. The van der Waals surface area contributed by atoms with Gasteiger partial charge in [0.25, 0.3) is 0 Å². The fourth-order valence-corrected chi connectivity index (χ4v) is 2.00. The Morgan fingerprint density at radius 1 is 1.47 bits per heavy atom. The van der Waals surface area contributed by atoms with Crippen LogP contribution in [0.25, 0.3) is 0 Å². The Kier molecular flexibility index (Phi) is 5.96. The number of aromatic nitrogens is 1. The van der Waals surface area contributed by atoms with Crippen LogP contribution in [0.3, 0.4) is 0 Å². The third kappa shape index (κ3) is 5.83. The molecule has 19 heavy (non-hydrogen) atoms. The molecule has 1 aromatic heterocycles. The number of carbonyl (C=O) groups excluding carboxylic acids is 1. The predicted octanol–water partition coefficient (Wildman–Crippen LogP) is 2.41. The first kappa shape index (κ1) is 15.6. The average molecular weight is 263 g/mol. The van der Waals surface area contributed by atoms with E-state index in [4.69, 9.17) is 5.73 Å². The summed E-state index contributed by atoms with van der Waals surface area (Å²) in [4.78, 5) is 16.0. The summed E-state index contributed by atoms with van der Waals surface area (Å²) in [6.45, 7) is 6.94. The molecule has 0 saturated carbocycles. The van der Waals surface area contributed by atoms with E-state index in [1.807, 2.05) is 19.1 Å². The zero-order chi connectivity index (χ0) is 14.3. The van der Waals surface area contributed by atoms with E-state index in [0.29, 0.717) is 13.0 Å². The molecule has 0 aliphatic carbocycles. The van der Waals surface area contributed by atoms with E-state index in [1.54, 1.807) is 12.4 Å². The van der Waals surface area contributed by atoms with Gasteiger partial charge < -0.3 is 11.1 Å². The minimum atomic E-state index is -0.00109. The fraction of sp³-hybridized carbons (Fsp3) is 0.600. The average Bonchev–Trinajstić information content (AvgIpc) is 2.37. The number of nitrogens with zero attached hydrogens (tertiary/aromatic N) is 1. The first-order valence-electron chi connectivity index (χ1n) is 6.84. The molecule has 0 saturated heterocycles. The Morgan fingerprint density at radius 3 is 2.79 bits per heavy atom. The standard InChI is InChI=1S/C15H25N3O/c1-12(13-5-4-10-17-11-13)18-14(19)6-7-15(2,3)8-9-16/h4-5,10-12H,6-9,16H2,1-3H3,(H,18,19). The summed E-state index contributed by atoms with van der Waals surface area (Å²) < 4.78 is 0. The molecule has 0 aliphatic rings. The number of pyridine rings is 1. The molecular weight excluding hydrogens is 238 g/mol. The minimum absolute atomic E-state index is 0.00109. The fourth-order valence-electron chi connectivity index (χ4n) is 2.00. The van der Waals surface area contributed by atoms with Gasteiger partial charge in [0.1, 0.15) is 0 Å². The van der Waals surface area contributed by atoms with Crippen molar-refractivity contribution in [3.05, 3.63) is 30.1 Å². The highest BCUT2D eigenvalue weighted by Crippen LogP contribution is 2.25. The molecule has 0 aliphatic heterocycles. The minimum Gasteiger partial charge on any atom is -0.350 e. The smallest absolute Gasteiger partial charge is 0.220 e. The van der Waals surface area contributed by atoms with E-state index in [2.05, 4.69) is 24.1 Å². The van der Waals surface area contributed by atoms with E-state index in [9.17, 15) is 4.79 Å². The Hall–Kier alpha value is -1.42.